The Morgan fingerprint density at radius 3 is 2.85 bits per heavy atom. The number of carboxylic acid groups (broad SMARTS) is 1. The predicted molar refractivity (Wildman–Crippen MR) is 51.9 cm³/mol. The molecule has 0 saturated heterocycles. The van der Waals surface area contributed by atoms with Gasteiger partial charge in [0.1, 0.15) is 5.69 Å². The Morgan fingerprint density at radius 1 is 1.77 bits per heavy atom. The van der Waals surface area contributed by atoms with Crippen molar-refractivity contribution in [3.8, 4) is 0 Å². The minimum absolute atomic E-state index is 0.376. The Balaban J connectivity index is 2.38. The van der Waals surface area contributed by atoms with E-state index in [0.29, 0.717) is 17.7 Å². The maximum Gasteiger partial charge on any atom is 0.352 e. The van der Waals surface area contributed by atoms with Crippen molar-refractivity contribution in [3.05, 3.63) is 22.4 Å². The summed E-state index contributed by atoms with van der Waals surface area (Å²) in [5.74, 6) is -0.248. The maximum atomic E-state index is 10.8. The van der Waals surface area contributed by atoms with Crippen LogP contribution in [-0.2, 0) is 0 Å². The van der Waals surface area contributed by atoms with Crippen molar-refractivity contribution in [3.63, 3.8) is 0 Å². The van der Waals surface area contributed by atoms with Crippen molar-refractivity contribution in [1.29, 1.82) is 0 Å². The van der Waals surface area contributed by atoms with Crippen molar-refractivity contribution in [2.24, 2.45) is 5.92 Å². The molecule has 1 aromatic rings. The third-order valence-electron chi connectivity index (χ3n) is 2.46. The van der Waals surface area contributed by atoms with Gasteiger partial charge in [0, 0.05) is 16.7 Å². The second kappa shape index (κ2) is 2.87. The van der Waals surface area contributed by atoms with Crippen molar-refractivity contribution in [2.75, 3.05) is 0 Å². The highest BCUT2D eigenvalue weighted by atomic mass is 79.9. The average Bonchev–Trinajstić information content (AvgIpc) is 2.60. The smallest absolute Gasteiger partial charge is 0.352 e. The summed E-state index contributed by atoms with van der Waals surface area (Å²) >= 11 is 3.28. The van der Waals surface area contributed by atoms with E-state index in [4.69, 9.17) is 5.11 Å². The van der Waals surface area contributed by atoms with E-state index in [-0.39, 0.29) is 0 Å². The van der Waals surface area contributed by atoms with Crippen LogP contribution in [0.2, 0.25) is 0 Å². The highest BCUT2D eigenvalue weighted by Gasteiger charge is 2.36. The summed E-state index contributed by atoms with van der Waals surface area (Å²) in [5.41, 5.74) is 0.376. The highest BCUT2D eigenvalue weighted by Crippen LogP contribution is 2.44. The lowest BCUT2D eigenvalue weighted by Gasteiger charge is -2.02. The van der Waals surface area contributed by atoms with E-state index in [9.17, 15) is 4.79 Å². The number of aromatic nitrogens is 1. The topological polar surface area (TPSA) is 42.2 Å². The largest absolute Gasteiger partial charge is 0.477 e. The monoisotopic (exact) mass is 243 g/mol. The first-order valence-electron chi connectivity index (χ1n) is 4.20. The Bertz CT molecular complexity index is 358. The molecular weight excluding hydrogens is 234 g/mol. The lowest BCUT2D eigenvalue weighted by molar-refractivity contribution is 0.0684. The fourth-order valence-electron chi connectivity index (χ4n) is 1.58. The van der Waals surface area contributed by atoms with Crippen molar-refractivity contribution < 1.29 is 9.90 Å². The molecule has 3 nitrogen and oxygen atoms in total. The van der Waals surface area contributed by atoms with Crippen LogP contribution in [0.3, 0.4) is 0 Å². The maximum absolute atomic E-state index is 10.8. The van der Waals surface area contributed by atoms with Gasteiger partial charge in [-0.25, -0.2) is 4.79 Å². The molecule has 13 heavy (non-hydrogen) atoms. The fourth-order valence-corrected chi connectivity index (χ4v) is 2.02. The van der Waals surface area contributed by atoms with E-state index in [1.54, 1.807) is 6.07 Å². The van der Waals surface area contributed by atoms with E-state index in [0.717, 1.165) is 10.9 Å². The molecule has 1 aromatic heterocycles. The Kier molecular flexibility index (Phi) is 1.95. The van der Waals surface area contributed by atoms with Gasteiger partial charge in [0.15, 0.2) is 0 Å². The van der Waals surface area contributed by atoms with Crippen LogP contribution in [0.4, 0.5) is 0 Å². The zero-order valence-corrected chi connectivity index (χ0v) is 8.78. The quantitative estimate of drug-likeness (QED) is 0.868. The molecule has 0 amide bonds. The second-order valence-corrected chi connectivity index (χ2v) is 4.45. The van der Waals surface area contributed by atoms with Gasteiger partial charge in [-0.2, -0.15) is 0 Å². The van der Waals surface area contributed by atoms with Crippen LogP contribution in [0.1, 0.15) is 29.9 Å². The van der Waals surface area contributed by atoms with Gasteiger partial charge in [-0.3, -0.25) is 0 Å². The van der Waals surface area contributed by atoms with Crippen molar-refractivity contribution in [1.82, 2.24) is 4.57 Å². The summed E-state index contributed by atoms with van der Waals surface area (Å²) < 4.78 is 2.68. The van der Waals surface area contributed by atoms with Gasteiger partial charge < -0.3 is 9.67 Å². The van der Waals surface area contributed by atoms with Crippen LogP contribution in [0.15, 0.2) is 16.7 Å². The van der Waals surface area contributed by atoms with Gasteiger partial charge in [0.05, 0.1) is 0 Å². The molecule has 0 aromatic carbocycles. The molecule has 2 unspecified atom stereocenters. The normalized spacial score (nSPS) is 26.0. The summed E-state index contributed by atoms with van der Waals surface area (Å²) in [7, 11) is 0. The van der Waals surface area contributed by atoms with E-state index in [1.165, 1.54) is 0 Å². The molecule has 1 heterocycles. The first-order valence-corrected chi connectivity index (χ1v) is 4.99. The lowest BCUT2D eigenvalue weighted by atomic mass is 10.4. The molecular formula is C9H10BrNO2. The number of carbonyl (C=O) groups is 1. The Labute approximate surface area is 84.5 Å². The van der Waals surface area contributed by atoms with Gasteiger partial charge >= 0.3 is 5.97 Å². The minimum atomic E-state index is -0.857. The lowest BCUT2D eigenvalue weighted by Crippen LogP contribution is -2.06. The van der Waals surface area contributed by atoms with Gasteiger partial charge in [-0.05, 0) is 34.3 Å². The zero-order chi connectivity index (χ0) is 9.59. The summed E-state index contributed by atoms with van der Waals surface area (Å²) in [5, 5.41) is 8.90. The van der Waals surface area contributed by atoms with Crippen molar-refractivity contribution >= 4 is 21.9 Å². The van der Waals surface area contributed by atoms with Crippen LogP contribution >= 0.6 is 15.9 Å². The highest BCUT2D eigenvalue weighted by molar-refractivity contribution is 9.10. The number of aromatic carboxylic acids is 1. The molecule has 2 atom stereocenters. The van der Waals surface area contributed by atoms with Gasteiger partial charge in [0.2, 0.25) is 0 Å². The van der Waals surface area contributed by atoms with E-state index in [2.05, 4.69) is 22.9 Å². The Morgan fingerprint density at radius 2 is 2.38 bits per heavy atom. The number of nitrogens with zero attached hydrogens (tertiary/aromatic N) is 1. The average molecular weight is 244 g/mol. The number of hydrogen-bond donors (Lipinski definition) is 1. The van der Waals surface area contributed by atoms with Gasteiger partial charge in [0.25, 0.3) is 0 Å². The summed E-state index contributed by atoms with van der Waals surface area (Å²) in [6.45, 7) is 2.13. The Hall–Kier alpha value is -0.770. The first kappa shape index (κ1) is 8.81. The minimum Gasteiger partial charge on any atom is -0.477 e. The number of halogens is 1. The number of hydrogen-bond acceptors (Lipinski definition) is 1. The van der Waals surface area contributed by atoms with E-state index < -0.39 is 5.97 Å². The molecule has 1 saturated carbocycles. The van der Waals surface area contributed by atoms with E-state index >= 15 is 0 Å². The molecule has 0 bridgehead atoms. The molecule has 0 radical (unpaired) electrons. The van der Waals surface area contributed by atoms with Crippen LogP contribution < -0.4 is 0 Å². The summed E-state index contributed by atoms with van der Waals surface area (Å²) in [6, 6.07) is 2.03. The molecule has 1 aliphatic carbocycles. The molecule has 1 aliphatic rings. The second-order valence-electron chi connectivity index (χ2n) is 3.54. The molecule has 4 heteroatoms. The summed E-state index contributed by atoms with van der Waals surface area (Å²) in [6.07, 6.45) is 2.93. The summed E-state index contributed by atoms with van der Waals surface area (Å²) in [4.78, 5) is 10.8. The number of carboxylic acids is 1. The number of rotatable bonds is 2. The standard InChI is InChI=1S/C9H10BrNO2/c1-5-2-7(5)11-4-6(10)3-8(11)9(12)13/h3-5,7H,2H2,1H3,(H,12,13). The molecule has 2 rings (SSSR count). The third-order valence-corrected chi connectivity index (χ3v) is 2.89. The molecule has 1 N–H and O–H groups in total. The van der Waals surface area contributed by atoms with Gasteiger partial charge in [-0.15, -0.1) is 0 Å². The zero-order valence-electron chi connectivity index (χ0n) is 7.20. The predicted octanol–water partition coefficient (Wildman–Crippen LogP) is 2.53. The third kappa shape index (κ3) is 1.50. The fraction of sp³-hybridized carbons (Fsp3) is 0.444. The first-order chi connectivity index (χ1) is 6.09. The van der Waals surface area contributed by atoms with Crippen LogP contribution in [0, 0.1) is 5.92 Å². The van der Waals surface area contributed by atoms with Gasteiger partial charge in [-0.1, -0.05) is 6.92 Å². The molecule has 0 spiro atoms. The van der Waals surface area contributed by atoms with E-state index in [1.807, 2.05) is 10.8 Å². The SMILES string of the molecule is CC1CC1n1cc(Br)cc1C(=O)O. The molecule has 70 valence electrons. The van der Waals surface area contributed by atoms with Crippen LogP contribution in [0.25, 0.3) is 0 Å². The molecule has 1 fully saturated rings. The van der Waals surface area contributed by atoms with Crippen molar-refractivity contribution in [2.45, 2.75) is 19.4 Å². The molecule has 0 aliphatic heterocycles. The van der Waals surface area contributed by atoms with Crippen LogP contribution in [-0.4, -0.2) is 15.6 Å². The van der Waals surface area contributed by atoms with Crippen LogP contribution in [0.5, 0.6) is 0 Å².